The number of hydrogen-bond acceptors (Lipinski definition) is 5. The summed E-state index contributed by atoms with van der Waals surface area (Å²) in [6.07, 6.45) is 8.14. The van der Waals surface area contributed by atoms with Crippen LogP contribution in [0.3, 0.4) is 0 Å². The summed E-state index contributed by atoms with van der Waals surface area (Å²) >= 11 is 0. The van der Waals surface area contributed by atoms with Crippen LogP contribution in [0.2, 0.25) is 0 Å². The maximum absolute atomic E-state index is 12.1. The lowest BCUT2D eigenvalue weighted by molar-refractivity contribution is 0.0949. The van der Waals surface area contributed by atoms with E-state index in [2.05, 4.69) is 25.6 Å². The first kappa shape index (κ1) is 15.7. The second-order valence-corrected chi connectivity index (χ2v) is 6.17. The van der Waals surface area contributed by atoms with E-state index in [1.54, 1.807) is 17.1 Å². The van der Waals surface area contributed by atoms with E-state index < -0.39 is 0 Å². The Balaban J connectivity index is 1.50. The summed E-state index contributed by atoms with van der Waals surface area (Å²) in [7, 11) is 0. The monoisotopic (exact) mass is 317 g/mol. The minimum Gasteiger partial charge on any atom is -0.350 e. The maximum Gasteiger partial charge on any atom is 0.273 e. The van der Waals surface area contributed by atoms with Gasteiger partial charge in [-0.25, -0.2) is 9.67 Å². The second-order valence-electron chi connectivity index (χ2n) is 6.17. The van der Waals surface area contributed by atoms with Crippen LogP contribution in [0.5, 0.6) is 0 Å². The Bertz CT molecular complexity index is 654. The van der Waals surface area contributed by atoms with Crippen molar-refractivity contribution < 1.29 is 4.79 Å². The van der Waals surface area contributed by atoms with E-state index in [4.69, 9.17) is 5.73 Å². The molecular weight excluding hydrogens is 294 g/mol. The molecule has 1 saturated carbocycles. The molecule has 1 amide bonds. The molecular formula is C15H23N7O. The summed E-state index contributed by atoms with van der Waals surface area (Å²) in [6, 6.07) is 0.595. The number of nitrogens with zero attached hydrogens (tertiary/aromatic N) is 4. The number of H-pyrrole nitrogens is 1. The molecule has 0 aromatic carbocycles. The average Bonchev–Trinajstić information content (AvgIpc) is 3.17. The highest BCUT2D eigenvalue weighted by molar-refractivity contribution is 5.91. The summed E-state index contributed by atoms with van der Waals surface area (Å²) in [5.41, 5.74) is 7.29. The SMILES string of the molecule is Cc1cnc(CCNC(=O)c2cn(C3CCC(N)CC3)nn2)[nH]1. The molecule has 2 aromatic heterocycles. The Hall–Kier alpha value is -2.22. The molecule has 8 nitrogen and oxygen atoms in total. The number of carbonyl (C=O) groups excluding carboxylic acids is 1. The fourth-order valence-electron chi connectivity index (χ4n) is 2.90. The number of nitrogens with one attached hydrogen (secondary N) is 2. The van der Waals surface area contributed by atoms with Crippen LogP contribution in [0.4, 0.5) is 0 Å². The van der Waals surface area contributed by atoms with Gasteiger partial charge in [-0.2, -0.15) is 0 Å². The van der Waals surface area contributed by atoms with Gasteiger partial charge in [0, 0.05) is 30.9 Å². The van der Waals surface area contributed by atoms with E-state index in [0.717, 1.165) is 37.2 Å². The number of rotatable bonds is 5. The molecule has 1 aliphatic carbocycles. The van der Waals surface area contributed by atoms with Crippen molar-refractivity contribution in [1.29, 1.82) is 0 Å². The Morgan fingerprint density at radius 3 is 2.91 bits per heavy atom. The lowest BCUT2D eigenvalue weighted by atomic mass is 9.92. The van der Waals surface area contributed by atoms with Crippen molar-refractivity contribution in [1.82, 2.24) is 30.3 Å². The Kier molecular flexibility index (Phi) is 4.71. The minimum absolute atomic E-state index is 0.202. The quantitative estimate of drug-likeness (QED) is 0.752. The third kappa shape index (κ3) is 3.95. The standard InChI is InChI=1S/C15H23N7O/c1-10-8-18-14(19-10)6-7-17-15(23)13-9-22(21-20-13)12-4-2-11(16)3-5-12/h8-9,11-12H,2-7,16H2,1H3,(H,17,23)(H,18,19). The highest BCUT2D eigenvalue weighted by Crippen LogP contribution is 2.26. The zero-order valence-electron chi connectivity index (χ0n) is 13.3. The van der Waals surface area contributed by atoms with Crippen molar-refractivity contribution in [3.05, 3.63) is 29.6 Å². The molecule has 0 radical (unpaired) electrons. The van der Waals surface area contributed by atoms with Gasteiger partial charge in [-0.3, -0.25) is 4.79 Å². The minimum atomic E-state index is -0.202. The summed E-state index contributed by atoms with van der Waals surface area (Å²) in [5, 5.41) is 10.9. The number of aromatic amines is 1. The highest BCUT2D eigenvalue weighted by atomic mass is 16.2. The van der Waals surface area contributed by atoms with Crippen LogP contribution >= 0.6 is 0 Å². The topological polar surface area (TPSA) is 115 Å². The molecule has 2 aromatic rings. The van der Waals surface area contributed by atoms with Crippen molar-refractivity contribution in [3.8, 4) is 0 Å². The largest absolute Gasteiger partial charge is 0.350 e. The first-order valence-corrected chi connectivity index (χ1v) is 8.08. The van der Waals surface area contributed by atoms with E-state index in [1.165, 1.54) is 0 Å². The normalized spacial score (nSPS) is 21.3. The van der Waals surface area contributed by atoms with Crippen molar-refractivity contribution in [2.24, 2.45) is 5.73 Å². The molecule has 1 aliphatic rings. The van der Waals surface area contributed by atoms with Crippen LogP contribution in [0.1, 0.15) is 53.7 Å². The molecule has 0 atom stereocenters. The molecule has 0 bridgehead atoms. The number of carbonyl (C=O) groups is 1. The summed E-state index contributed by atoms with van der Waals surface area (Å²) in [5.74, 6) is 0.664. The van der Waals surface area contributed by atoms with Crippen molar-refractivity contribution in [2.75, 3.05) is 6.54 Å². The Morgan fingerprint density at radius 2 is 2.22 bits per heavy atom. The molecule has 0 spiro atoms. The van der Waals surface area contributed by atoms with Crippen LogP contribution in [0, 0.1) is 6.92 Å². The van der Waals surface area contributed by atoms with Gasteiger partial charge in [-0.1, -0.05) is 5.21 Å². The van der Waals surface area contributed by atoms with Gasteiger partial charge in [0.2, 0.25) is 0 Å². The van der Waals surface area contributed by atoms with Crippen LogP contribution in [-0.4, -0.2) is 43.5 Å². The fraction of sp³-hybridized carbons (Fsp3) is 0.600. The predicted octanol–water partition coefficient (Wildman–Crippen LogP) is 0.725. The van der Waals surface area contributed by atoms with Gasteiger partial charge in [-0.05, 0) is 32.6 Å². The number of hydrogen-bond donors (Lipinski definition) is 3. The van der Waals surface area contributed by atoms with Gasteiger partial charge in [0.05, 0.1) is 12.2 Å². The molecule has 0 saturated heterocycles. The third-order valence-corrected chi connectivity index (χ3v) is 4.26. The third-order valence-electron chi connectivity index (χ3n) is 4.26. The zero-order valence-corrected chi connectivity index (χ0v) is 13.3. The predicted molar refractivity (Wildman–Crippen MR) is 84.9 cm³/mol. The van der Waals surface area contributed by atoms with E-state index in [-0.39, 0.29) is 5.91 Å². The second kappa shape index (κ2) is 6.91. The summed E-state index contributed by atoms with van der Waals surface area (Å²) in [4.78, 5) is 19.5. The highest BCUT2D eigenvalue weighted by Gasteiger charge is 2.22. The molecule has 1 fully saturated rings. The Morgan fingerprint density at radius 1 is 1.43 bits per heavy atom. The van der Waals surface area contributed by atoms with E-state index in [9.17, 15) is 4.79 Å². The Labute approximate surface area is 134 Å². The van der Waals surface area contributed by atoms with Gasteiger partial charge in [-0.15, -0.1) is 5.10 Å². The average molecular weight is 317 g/mol. The van der Waals surface area contributed by atoms with E-state index in [0.29, 0.717) is 30.7 Å². The van der Waals surface area contributed by atoms with Crippen LogP contribution < -0.4 is 11.1 Å². The van der Waals surface area contributed by atoms with Crippen molar-refractivity contribution in [2.45, 2.75) is 51.1 Å². The maximum atomic E-state index is 12.1. The van der Waals surface area contributed by atoms with Crippen LogP contribution in [0.25, 0.3) is 0 Å². The van der Waals surface area contributed by atoms with Gasteiger partial charge in [0.25, 0.3) is 5.91 Å². The van der Waals surface area contributed by atoms with Crippen molar-refractivity contribution >= 4 is 5.91 Å². The lowest BCUT2D eigenvalue weighted by Gasteiger charge is -2.25. The molecule has 23 heavy (non-hydrogen) atoms. The molecule has 4 N–H and O–H groups in total. The van der Waals surface area contributed by atoms with E-state index >= 15 is 0 Å². The molecule has 8 heteroatoms. The van der Waals surface area contributed by atoms with Gasteiger partial charge in [0.1, 0.15) is 5.82 Å². The molecule has 0 aliphatic heterocycles. The number of aryl methyl sites for hydroxylation is 1. The smallest absolute Gasteiger partial charge is 0.273 e. The number of imidazole rings is 1. The first-order valence-electron chi connectivity index (χ1n) is 8.08. The zero-order chi connectivity index (χ0) is 16.2. The van der Waals surface area contributed by atoms with Crippen molar-refractivity contribution in [3.63, 3.8) is 0 Å². The van der Waals surface area contributed by atoms with Crippen LogP contribution in [0.15, 0.2) is 12.4 Å². The molecule has 2 heterocycles. The lowest BCUT2D eigenvalue weighted by Crippen LogP contribution is -2.28. The molecule has 124 valence electrons. The summed E-state index contributed by atoms with van der Waals surface area (Å²) in [6.45, 7) is 2.46. The van der Waals surface area contributed by atoms with Gasteiger partial charge in [0.15, 0.2) is 5.69 Å². The van der Waals surface area contributed by atoms with Crippen LogP contribution in [-0.2, 0) is 6.42 Å². The molecule has 3 rings (SSSR count). The number of amides is 1. The fourth-order valence-corrected chi connectivity index (χ4v) is 2.90. The summed E-state index contributed by atoms with van der Waals surface area (Å²) < 4.78 is 1.80. The number of nitrogens with two attached hydrogens (primary N) is 1. The van der Waals surface area contributed by atoms with Gasteiger partial charge < -0.3 is 16.0 Å². The van der Waals surface area contributed by atoms with E-state index in [1.807, 2.05) is 6.92 Å². The van der Waals surface area contributed by atoms with Gasteiger partial charge >= 0.3 is 0 Å². The first-order chi connectivity index (χ1) is 11.1. The number of aromatic nitrogens is 5. The molecule has 0 unspecified atom stereocenters.